The van der Waals surface area contributed by atoms with E-state index in [-0.39, 0.29) is 17.7 Å². The van der Waals surface area contributed by atoms with Crippen molar-refractivity contribution in [3.05, 3.63) is 29.8 Å². The Balaban J connectivity index is 1.93. The molecule has 4 N–H and O–H groups in total. The molecule has 0 aliphatic carbocycles. The van der Waals surface area contributed by atoms with Crippen LogP contribution in [0.4, 0.5) is 5.69 Å². The van der Waals surface area contributed by atoms with Gasteiger partial charge in [0.25, 0.3) is 0 Å². The van der Waals surface area contributed by atoms with Crippen molar-refractivity contribution >= 4 is 17.5 Å². The van der Waals surface area contributed by atoms with Gasteiger partial charge >= 0.3 is 0 Å². The first kappa shape index (κ1) is 12.4. The van der Waals surface area contributed by atoms with Crippen LogP contribution in [0.1, 0.15) is 12.0 Å². The smallest absolute Gasteiger partial charge is 0.227 e. The maximum absolute atomic E-state index is 12.0. The number of carbonyl (C=O) groups is 2. The van der Waals surface area contributed by atoms with Crippen LogP contribution in [0.2, 0.25) is 0 Å². The molecule has 96 valence electrons. The van der Waals surface area contributed by atoms with Crippen molar-refractivity contribution in [2.45, 2.75) is 12.8 Å². The van der Waals surface area contributed by atoms with Gasteiger partial charge in [0.1, 0.15) is 0 Å². The highest BCUT2D eigenvalue weighted by molar-refractivity contribution is 5.82. The molecule has 5 heteroatoms. The lowest BCUT2D eigenvalue weighted by Gasteiger charge is -2.15. The van der Waals surface area contributed by atoms with E-state index in [1.54, 1.807) is 17.0 Å². The van der Waals surface area contributed by atoms with E-state index in [2.05, 4.69) is 0 Å². The molecule has 0 aromatic heterocycles. The minimum absolute atomic E-state index is 0.0310. The molecule has 1 aliphatic rings. The fraction of sp³-hybridized carbons (Fsp3) is 0.385. The number of nitrogen functional groups attached to an aromatic ring is 1. The highest BCUT2D eigenvalue weighted by Crippen LogP contribution is 2.17. The van der Waals surface area contributed by atoms with E-state index in [1.165, 1.54) is 0 Å². The van der Waals surface area contributed by atoms with Gasteiger partial charge in [0.15, 0.2) is 0 Å². The lowest BCUT2D eigenvalue weighted by molar-refractivity contribution is -0.129. The van der Waals surface area contributed by atoms with Gasteiger partial charge in [0, 0.05) is 18.8 Å². The summed E-state index contributed by atoms with van der Waals surface area (Å²) in [5.74, 6) is -0.485. The van der Waals surface area contributed by atoms with Crippen LogP contribution < -0.4 is 11.5 Å². The van der Waals surface area contributed by atoms with Gasteiger partial charge in [-0.25, -0.2) is 0 Å². The molecule has 1 heterocycles. The number of primary amides is 1. The third kappa shape index (κ3) is 2.80. The summed E-state index contributed by atoms with van der Waals surface area (Å²) < 4.78 is 0. The molecule has 0 spiro atoms. The second-order valence-corrected chi connectivity index (χ2v) is 4.65. The number of anilines is 1. The minimum atomic E-state index is -0.321. The van der Waals surface area contributed by atoms with Crippen LogP contribution in [-0.2, 0) is 16.0 Å². The molecule has 1 unspecified atom stereocenters. The van der Waals surface area contributed by atoms with Gasteiger partial charge in [-0.3, -0.25) is 9.59 Å². The molecule has 0 bridgehead atoms. The summed E-state index contributed by atoms with van der Waals surface area (Å²) in [6, 6.07) is 7.24. The summed E-state index contributed by atoms with van der Waals surface area (Å²) in [5.41, 5.74) is 12.4. The van der Waals surface area contributed by atoms with Crippen molar-refractivity contribution in [2.24, 2.45) is 11.7 Å². The molecule has 1 aliphatic heterocycles. The van der Waals surface area contributed by atoms with E-state index < -0.39 is 0 Å². The first-order valence-electron chi connectivity index (χ1n) is 5.98. The third-order valence-corrected chi connectivity index (χ3v) is 3.28. The molecule has 0 radical (unpaired) electrons. The Hall–Kier alpha value is -2.04. The van der Waals surface area contributed by atoms with Gasteiger partial charge in [-0.1, -0.05) is 12.1 Å². The number of carbonyl (C=O) groups excluding carboxylic acids is 2. The van der Waals surface area contributed by atoms with Crippen molar-refractivity contribution in [2.75, 3.05) is 18.8 Å². The molecule has 1 atom stereocenters. The quantitative estimate of drug-likeness (QED) is 0.745. The van der Waals surface area contributed by atoms with Gasteiger partial charge in [-0.05, 0) is 24.1 Å². The summed E-state index contributed by atoms with van der Waals surface area (Å²) in [5, 5.41) is 0. The van der Waals surface area contributed by atoms with Crippen molar-refractivity contribution in [1.82, 2.24) is 4.90 Å². The molecular formula is C13H17N3O2. The van der Waals surface area contributed by atoms with Crippen LogP contribution in [0.15, 0.2) is 24.3 Å². The number of hydrogen-bond acceptors (Lipinski definition) is 3. The molecule has 1 aromatic carbocycles. The highest BCUT2D eigenvalue weighted by atomic mass is 16.2. The Morgan fingerprint density at radius 3 is 2.50 bits per heavy atom. The molecular weight excluding hydrogens is 230 g/mol. The molecule has 1 fully saturated rings. The van der Waals surface area contributed by atoms with Crippen molar-refractivity contribution in [3.8, 4) is 0 Å². The average Bonchev–Trinajstić information content (AvgIpc) is 2.81. The van der Waals surface area contributed by atoms with Crippen LogP contribution in [0, 0.1) is 5.92 Å². The zero-order valence-electron chi connectivity index (χ0n) is 10.1. The summed E-state index contributed by atoms with van der Waals surface area (Å²) in [4.78, 5) is 24.7. The Bertz CT molecular complexity index is 456. The monoisotopic (exact) mass is 247 g/mol. The zero-order chi connectivity index (χ0) is 13.1. The van der Waals surface area contributed by atoms with Crippen molar-refractivity contribution in [3.63, 3.8) is 0 Å². The predicted molar refractivity (Wildman–Crippen MR) is 68.4 cm³/mol. The summed E-state index contributed by atoms with van der Waals surface area (Å²) in [7, 11) is 0. The highest BCUT2D eigenvalue weighted by Gasteiger charge is 2.29. The van der Waals surface area contributed by atoms with Crippen LogP contribution >= 0.6 is 0 Å². The normalized spacial score (nSPS) is 18.9. The molecule has 18 heavy (non-hydrogen) atoms. The van der Waals surface area contributed by atoms with E-state index >= 15 is 0 Å². The summed E-state index contributed by atoms with van der Waals surface area (Å²) in [6.07, 6.45) is 1.01. The Labute approximate surface area is 106 Å². The fourth-order valence-corrected chi connectivity index (χ4v) is 2.14. The van der Waals surface area contributed by atoms with E-state index in [0.717, 1.165) is 5.56 Å². The Kier molecular flexibility index (Phi) is 3.50. The molecule has 2 rings (SSSR count). The predicted octanol–water partition coefficient (Wildman–Crippen LogP) is 0.145. The van der Waals surface area contributed by atoms with Gasteiger partial charge in [-0.2, -0.15) is 0 Å². The number of hydrogen-bond donors (Lipinski definition) is 2. The van der Waals surface area contributed by atoms with E-state index in [1.807, 2.05) is 12.1 Å². The third-order valence-electron chi connectivity index (χ3n) is 3.28. The molecule has 0 saturated carbocycles. The minimum Gasteiger partial charge on any atom is -0.399 e. The van der Waals surface area contributed by atoms with Gasteiger partial charge in [0.05, 0.1) is 12.3 Å². The Morgan fingerprint density at radius 2 is 1.94 bits per heavy atom. The first-order chi connectivity index (χ1) is 8.56. The average molecular weight is 247 g/mol. The van der Waals surface area contributed by atoms with E-state index in [0.29, 0.717) is 31.6 Å². The lowest BCUT2D eigenvalue weighted by Crippen LogP contribution is -2.32. The molecule has 1 saturated heterocycles. The van der Waals surface area contributed by atoms with E-state index in [4.69, 9.17) is 11.5 Å². The number of amides is 2. The van der Waals surface area contributed by atoms with Crippen molar-refractivity contribution < 1.29 is 9.59 Å². The van der Waals surface area contributed by atoms with Gasteiger partial charge in [0.2, 0.25) is 11.8 Å². The SMILES string of the molecule is NC(=O)C1CCN(C(=O)Cc2ccc(N)cc2)C1. The lowest BCUT2D eigenvalue weighted by atomic mass is 10.1. The summed E-state index contributed by atoms with van der Waals surface area (Å²) >= 11 is 0. The number of nitrogens with zero attached hydrogens (tertiary/aromatic N) is 1. The first-order valence-corrected chi connectivity index (χ1v) is 5.98. The number of likely N-dealkylation sites (tertiary alicyclic amines) is 1. The molecule has 5 nitrogen and oxygen atoms in total. The maximum Gasteiger partial charge on any atom is 0.227 e. The van der Waals surface area contributed by atoms with Crippen LogP contribution in [0.25, 0.3) is 0 Å². The number of rotatable bonds is 3. The summed E-state index contributed by atoms with van der Waals surface area (Å²) in [6.45, 7) is 1.06. The van der Waals surface area contributed by atoms with Crippen LogP contribution in [0.3, 0.4) is 0 Å². The number of nitrogens with two attached hydrogens (primary N) is 2. The van der Waals surface area contributed by atoms with E-state index in [9.17, 15) is 9.59 Å². The topological polar surface area (TPSA) is 89.4 Å². The second kappa shape index (κ2) is 5.08. The van der Waals surface area contributed by atoms with Crippen LogP contribution in [-0.4, -0.2) is 29.8 Å². The second-order valence-electron chi connectivity index (χ2n) is 4.65. The fourth-order valence-electron chi connectivity index (χ4n) is 2.14. The molecule has 1 aromatic rings. The Morgan fingerprint density at radius 1 is 1.28 bits per heavy atom. The zero-order valence-corrected chi connectivity index (χ0v) is 10.1. The maximum atomic E-state index is 12.0. The standard InChI is InChI=1S/C13H17N3O2/c14-11-3-1-9(2-4-11)7-12(17)16-6-5-10(8-16)13(15)18/h1-4,10H,5-8,14H2,(H2,15,18). The largest absolute Gasteiger partial charge is 0.399 e. The van der Waals surface area contributed by atoms with Gasteiger partial charge in [-0.15, -0.1) is 0 Å². The van der Waals surface area contributed by atoms with Gasteiger partial charge < -0.3 is 16.4 Å². The van der Waals surface area contributed by atoms with Crippen molar-refractivity contribution in [1.29, 1.82) is 0 Å². The number of benzene rings is 1. The molecule has 2 amide bonds. The van der Waals surface area contributed by atoms with Crippen LogP contribution in [0.5, 0.6) is 0 Å².